The predicted molar refractivity (Wildman–Crippen MR) is 176 cm³/mol. The van der Waals surface area contributed by atoms with Crippen molar-refractivity contribution >= 4 is 45.9 Å². The molecule has 1 aromatic carbocycles. The number of benzene rings is 1. The van der Waals surface area contributed by atoms with Gasteiger partial charge >= 0.3 is 5.92 Å². The third kappa shape index (κ3) is 7.49. The molecule has 6 heterocycles. The van der Waals surface area contributed by atoms with E-state index in [1.807, 2.05) is 54.4 Å². The van der Waals surface area contributed by atoms with Crippen LogP contribution in [0.5, 0.6) is 0 Å². The Morgan fingerprint density at radius 2 is 1.85 bits per heavy atom. The monoisotopic (exact) mass is 649 g/mol. The zero-order chi connectivity index (χ0) is 33.6. The Morgan fingerprint density at radius 3 is 2.55 bits per heavy atom. The van der Waals surface area contributed by atoms with Gasteiger partial charge < -0.3 is 34.4 Å². The number of rotatable bonds is 5. The van der Waals surface area contributed by atoms with Crippen molar-refractivity contribution in [3.05, 3.63) is 71.0 Å². The molecule has 2 aliphatic rings. The second-order valence-electron chi connectivity index (χ2n) is 11.2. The van der Waals surface area contributed by atoms with Crippen LogP contribution in [0.15, 0.2) is 64.1 Å². The summed E-state index contributed by atoms with van der Waals surface area (Å²) in [6.07, 6.45) is 5.56. The number of morpholine rings is 1. The molecule has 0 amide bonds. The molecule has 5 aromatic rings. The van der Waals surface area contributed by atoms with Gasteiger partial charge in [0.1, 0.15) is 22.6 Å². The van der Waals surface area contributed by atoms with Crippen molar-refractivity contribution in [3.8, 4) is 11.1 Å². The summed E-state index contributed by atoms with van der Waals surface area (Å²) in [4.78, 5) is 39.9. The number of nitrogens with zero attached hydrogens (tertiary/aromatic N) is 5. The van der Waals surface area contributed by atoms with Crippen LogP contribution in [0.2, 0.25) is 0 Å². The Labute approximate surface area is 269 Å². The van der Waals surface area contributed by atoms with Gasteiger partial charge in [0.2, 0.25) is 5.82 Å². The number of fused-ring (bicyclic) bond motifs is 3. The first-order valence-electron chi connectivity index (χ1n) is 15.3. The number of furan rings is 1. The number of carboxylic acid groups (broad SMARTS) is 1. The average molecular weight is 650 g/mol. The normalized spacial score (nSPS) is 16.3. The fraction of sp³-hybridized carbons (Fsp3) is 0.364. The lowest BCUT2D eigenvalue weighted by Crippen LogP contribution is -2.45. The lowest BCUT2D eigenvalue weighted by atomic mass is 10.1. The van der Waals surface area contributed by atoms with Crippen LogP contribution >= 0.6 is 0 Å². The van der Waals surface area contributed by atoms with Crippen LogP contribution in [-0.2, 0) is 15.5 Å². The maximum Gasteiger partial charge on any atom is 0.303 e. The van der Waals surface area contributed by atoms with Crippen LogP contribution in [0.3, 0.4) is 0 Å². The molecule has 2 fully saturated rings. The molecular formula is C33H37F2N7O5. The SMILES string of the molecule is CC(F)(F)c1nc(N2CCCC2)c2oc3ccccc3c2n1.CNc1cc(-c2c[nH]c(=O)c(N3CCOCC3C)c2)ccn1.O=CO. The molecule has 0 radical (unpaired) electrons. The van der Waals surface area contributed by atoms with Gasteiger partial charge in [-0.3, -0.25) is 9.59 Å². The summed E-state index contributed by atoms with van der Waals surface area (Å²) >= 11 is 0. The number of halogens is 2. The second kappa shape index (κ2) is 14.5. The van der Waals surface area contributed by atoms with E-state index >= 15 is 0 Å². The van der Waals surface area contributed by atoms with Crippen LogP contribution in [0.1, 0.15) is 32.5 Å². The highest BCUT2D eigenvalue weighted by molar-refractivity contribution is 6.05. The van der Waals surface area contributed by atoms with E-state index in [1.54, 1.807) is 12.4 Å². The molecule has 3 N–H and O–H groups in total. The van der Waals surface area contributed by atoms with Crippen molar-refractivity contribution < 1.29 is 27.8 Å². The number of hydrogen-bond donors (Lipinski definition) is 3. The number of carbonyl (C=O) groups is 1. The molecule has 1 atom stereocenters. The molecule has 14 heteroatoms. The minimum absolute atomic E-state index is 0.0691. The van der Waals surface area contributed by atoms with Crippen molar-refractivity contribution in [3.63, 3.8) is 0 Å². The van der Waals surface area contributed by atoms with Gasteiger partial charge in [-0.2, -0.15) is 8.78 Å². The molecule has 2 saturated heterocycles. The van der Waals surface area contributed by atoms with Crippen LogP contribution < -0.4 is 20.7 Å². The molecule has 12 nitrogen and oxygen atoms in total. The topological polar surface area (TPSA) is 150 Å². The Bertz CT molecular complexity index is 1890. The third-order valence-corrected chi connectivity index (χ3v) is 7.91. The number of hydrogen-bond acceptors (Lipinski definition) is 10. The van der Waals surface area contributed by atoms with Crippen LogP contribution in [0.25, 0.3) is 33.2 Å². The number of aromatic nitrogens is 4. The number of anilines is 3. The second-order valence-corrected chi connectivity index (χ2v) is 11.2. The summed E-state index contributed by atoms with van der Waals surface area (Å²) in [6.45, 7) is 6.26. The lowest BCUT2D eigenvalue weighted by Gasteiger charge is -2.34. The van der Waals surface area contributed by atoms with Crippen molar-refractivity contribution in [2.24, 2.45) is 0 Å². The lowest BCUT2D eigenvalue weighted by molar-refractivity contribution is -0.122. The quantitative estimate of drug-likeness (QED) is 0.207. The first kappa shape index (κ1) is 33.3. The van der Waals surface area contributed by atoms with E-state index < -0.39 is 11.7 Å². The van der Waals surface area contributed by atoms with E-state index in [0.29, 0.717) is 41.4 Å². The van der Waals surface area contributed by atoms with Gasteiger partial charge in [-0.25, -0.2) is 15.0 Å². The maximum atomic E-state index is 13.8. The van der Waals surface area contributed by atoms with E-state index in [1.165, 1.54) is 0 Å². The predicted octanol–water partition coefficient (Wildman–Crippen LogP) is 5.49. The van der Waals surface area contributed by atoms with Crippen molar-refractivity contribution in [1.82, 2.24) is 19.9 Å². The number of nitrogens with one attached hydrogen (secondary N) is 2. The van der Waals surface area contributed by atoms with E-state index in [9.17, 15) is 13.6 Å². The zero-order valence-electron chi connectivity index (χ0n) is 26.4. The highest BCUT2D eigenvalue weighted by atomic mass is 19.3. The van der Waals surface area contributed by atoms with E-state index in [0.717, 1.165) is 61.7 Å². The smallest absolute Gasteiger partial charge is 0.303 e. The molecule has 47 heavy (non-hydrogen) atoms. The average Bonchev–Trinajstić information content (AvgIpc) is 3.74. The van der Waals surface area contributed by atoms with Gasteiger partial charge in [0.15, 0.2) is 11.4 Å². The molecule has 2 aliphatic heterocycles. The number of ether oxygens (including phenoxy) is 1. The van der Waals surface area contributed by atoms with Gasteiger partial charge in [-0.15, -0.1) is 0 Å². The molecule has 248 valence electrons. The van der Waals surface area contributed by atoms with E-state index in [-0.39, 0.29) is 18.1 Å². The highest BCUT2D eigenvalue weighted by Gasteiger charge is 2.32. The molecule has 4 aromatic heterocycles. The van der Waals surface area contributed by atoms with Crippen LogP contribution in [-0.4, -0.2) is 77.5 Å². The summed E-state index contributed by atoms with van der Waals surface area (Å²) in [5, 5.41) is 10.7. The first-order valence-corrected chi connectivity index (χ1v) is 15.3. The Hall–Kier alpha value is -5.11. The Kier molecular flexibility index (Phi) is 10.3. The van der Waals surface area contributed by atoms with Crippen LogP contribution in [0.4, 0.5) is 26.1 Å². The van der Waals surface area contributed by atoms with E-state index in [4.69, 9.17) is 19.1 Å². The zero-order valence-corrected chi connectivity index (χ0v) is 26.4. The molecule has 0 aliphatic carbocycles. The third-order valence-electron chi connectivity index (χ3n) is 7.91. The van der Waals surface area contributed by atoms with Gasteiger partial charge in [-0.1, -0.05) is 12.1 Å². The minimum atomic E-state index is -3.08. The summed E-state index contributed by atoms with van der Waals surface area (Å²) in [5.74, 6) is -2.25. The van der Waals surface area contributed by atoms with Crippen molar-refractivity contribution in [1.29, 1.82) is 0 Å². The molecule has 0 spiro atoms. The molecule has 0 saturated carbocycles. The van der Waals surface area contributed by atoms with Gasteiger partial charge in [0.25, 0.3) is 12.0 Å². The molecular weight excluding hydrogens is 612 g/mol. The van der Waals surface area contributed by atoms with Gasteiger partial charge in [0.05, 0.1) is 13.2 Å². The maximum absolute atomic E-state index is 13.8. The summed E-state index contributed by atoms with van der Waals surface area (Å²) < 4.78 is 38.9. The Morgan fingerprint density at radius 1 is 1.11 bits per heavy atom. The summed E-state index contributed by atoms with van der Waals surface area (Å²) in [6, 6.07) is 13.4. The van der Waals surface area contributed by atoms with Crippen molar-refractivity contribution in [2.45, 2.75) is 38.7 Å². The number of para-hydroxylation sites is 1. The highest BCUT2D eigenvalue weighted by Crippen LogP contribution is 2.36. The molecule has 7 rings (SSSR count). The molecule has 0 bridgehead atoms. The Balaban J connectivity index is 0.000000170. The standard InChI is InChI=1S/C16H15F2N3O.C16H20N4O2.CH2O2/c1-16(17,18)15-19-12-10-6-2-3-7-11(10)22-13(12)14(20-15)21-8-4-5-9-21;1-11-10-22-6-5-20(11)14-7-13(9-19-16(14)21)12-3-4-18-15(8-12)17-2;2-1-3/h2-3,6-7H,4-5,8-9H2,1H3;3-4,7-9,11H,5-6,10H2,1-2H3,(H,17,18)(H,19,21);1H,(H,2,3). The summed E-state index contributed by atoms with van der Waals surface area (Å²) in [7, 11) is 1.83. The summed E-state index contributed by atoms with van der Waals surface area (Å²) in [5.41, 5.74) is 4.20. The largest absolute Gasteiger partial charge is 0.483 e. The van der Waals surface area contributed by atoms with Crippen molar-refractivity contribution in [2.75, 3.05) is 55.0 Å². The fourth-order valence-corrected chi connectivity index (χ4v) is 5.60. The number of alkyl halides is 2. The number of aromatic amines is 1. The number of pyridine rings is 2. The fourth-order valence-electron chi connectivity index (χ4n) is 5.60. The first-order chi connectivity index (χ1) is 22.6. The van der Waals surface area contributed by atoms with Crippen LogP contribution in [0, 0.1) is 0 Å². The molecule has 1 unspecified atom stereocenters. The van der Waals surface area contributed by atoms with Gasteiger partial charge in [0, 0.05) is 63.0 Å². The van der Waals surface area contributed by atoms with Gasteiger partial charge in [-0.05, 0) is 55.7 Å². The number of H-pyrrole nitrogens is 1. The van der Waals surface area contributed by atoms with E-state index in [2.05, 4.69) is 37.1 Å². The minimum Gasteiger partial charge on any atom is -0.483 e.